The van der Waals surface area contributed by atoms with E-state index in [0.29, 0.717) is 0 Å². The standard InChI is InChI=1S/C16H16N4/c17-19-16(13-7-3-1-4-8-13)15-11-12-18-20(15)14-9-5-2-6-10-14/h1-12,16,19H,17H2. The largest absolute Gasteiger partial charge is 0.271 e. The number of hydrazine groups is 1. The quantitative estimate of drug-likeness (QED) is 0.562. The van der Waals surface area contributed by atoms with Crippen LogP contribution < -0.4 is 11.3 Å². The van der Waals surface area contributed by atoms with Crippen LogP contribution in [0.4, 0.5) is 0 Å². The zero-order valence-electron chi connectivity index (χ0n) is 11.0. The Hall–Kier alpha value is -2.43. The van der Waals surface area contributed by atoms with Crippen LogP contribution in [0.15, 0.2) is 72.9 Å². The zero-order chi connectivity index (χ0) is 13.8. The van der Waals surface area contributed by atoms with Crippen molar-refractivity contribution in [3.05, 3.63) is 84.2 Å². The van der Waals surface area contributed by atoms with Gasteiger partial charge in [0, 0.05) is 6.20 Å². The minimum atomic E-state index is -0.0982. The molecule has 0 aliphatic rings. The number of nitrogens with two attached hydrogens (primary N) is 1. The van der Waals surface area contributed by atoms with E-state index in [2.05, 4.69) is 10.5 Å². The lowest BCUT2D eigenvalue weighted by atomic mass is 10.0. The number of para-hydroxylation sites is 1. The van der Waals surface area contributed by atoms with Gasteiger partial charge in [0.1, 0.15) is 0 Å². The van der Waals surface area contributed by atoms with Gasteiger partial charge in [-0.2, -0.15) is 5.10 Å². The number of hydrogen-bond acceptors (Lipinski definition) is 3. The summed E-state index contributed by atoms with van der Waals surface area (Å²) in [5, 5.41) is 4.40. The number of hydrogen-bond donors (Lipinski definition) is 2. The van der Waals surface area contributed by atoms with Crippen LogP contribution in [0.25, 0.3) is 5.69 Å². The maximum absolute atomic E-state index is 5.75. The van der Waals surface area contributed by atoms with E-state index < -0.39 is 0 Å². The van der Waals surface area contributed by atoms with Gasteiger partial charge in [0.2, 0.25) is 0 Å². The normalized spacial score (nSPS) is 12.2. The third kappa shape index (κ3) is 2.34. The molecule has 4 nitrogen and oxygen atoms in total. The summed E-state index contributed by atoms with van der Waals surface area (Å²) in [6.45, 7) is 0. The van der Waals surface area contributed by atoms with E-state index in [1.54, 1.807) is 6.20 Å². The molecular formula is C16H16N4. The van der Waals surface area contributed by atoms with Gasteiger partial charge in [0.15, 0.2) is 0 Å². The zero-order valence-corrected chi connectivity index (χ0v) is 11.0. The lowest BCUT2D eigenvalue weighted by Crippen LogP contribution is -2.30. The van der Waals surface area contributed by atoms with E-state index >= 15 is 0 Å². The van der Waals surface area contributed by atoms with Crippen molar-refractivity contribution >= 4 is 0 Å². The molecule has 0 fully saturated rings. The smallest absolute Gasteiger partial charge is 0.0882 e. The molecule has 0 radical (unpaired) electrons. The SMILES string of the molecule is NNC(c1ccccc1)c1ccnn1-c1ccccc1. The summed E-state index contributed by atoms with van der Waals surface area (Å²) in [6, 6.07) is 22.0. The molecule has 4 heteroatoms. The lowest BCUT2D eigenvalue weighted by molar-refractivity contribution is 0.597. The van der Waals surface area contributed by atoms with Crippen LogP contribution in [-0.4, -0.2) is 9.78 Å². The summed E-state index contributed by atoms with van der Waals surface area (Å²) in [6.07, 6.45) is 1.79. The summed E-state index contributed by atoms with van der Waals surface area (Å²) in [7, 11) is 0. The van der Waals surface area contributed by atoms with Crippen LogP contribution in [0.3, 0.4) is 0 Å². The molecule has 1 aromatic heterocycles. The van der Waals surface area contributed by atoms with E-state index in [1.807, 2.05) is 71.4 Å². The Labute approximate surface area is 117 Å². The molecule has 20 heavy (non-hydrogen) atoms. The highest BCUT2D eigenvalue weighted by Gasteiger charge is 2.17. The molecule has 3 rings (SSSR count). The Morgan fingerprint density at radius 1 is 0.900 bits per heavy atom. The van der Waals surface area contributed by atoms with Crippen molar-refractivity contribution in [3.8, 4) is 5.69 Å². The van der Waals surface area contributed by atoms with Gasteiger partial charge in [-0.05, 0) is 23.8 Å². The summed E-state index contributed by atoms with van der Waals surface area (Å²) in [4.78, 5) is 0. The predicted octanol–water partition coefficient (Wildman–Crippen LogP) is 2.42. The average molecular weight is 264 g/mol. The molecular weight excluding hydrogens is 248 g/mol. The summed E-state index contributed by atoms with van der Waals surface area (Å²) >= 11 is 0. The van der Waals surface area contributed by atoms with Gasteiger partial charge in [-0.1, -0.05) is 48.5 Å². The van der Waals surface area contributed by atoms with Crippen LogP contribution >= 0.6 is 0 Å². The second-order valence-electron chi connectivity index (χ2n) is 4.51. The molecule has 0 spiro atoms. The van der Waals surface area contributed by atoms with Gasteiger partial charge in [-0.3, -0.25) is 5.84 Å². The second-order valence-corrected chi connectivity index (χ2v) is 4.51. The first kappa shape index (κ1) is 12.6. The fraction of sp³-hybridized carbons (Fsp3) is 0.0625. The van der Waals surface area contributed by atoms with E-state index in [4.69, 9.17) is 5.84 Å². The van der Waals surface area contributed by atoms with Crippen molar-refractivity contribution in [2.75, 3.05) is 0 Å². The van der Waals surface area contributed by atoms with Crippen molar-refractivity contribution in [1.29, 1.82) is 0 Å². The first-order valence-corrected chi connectivity index (χ1v) is 6.50. The molecule has 1 heterocycles. The van der Waals surface area contributed by atoms with Gasteiger partial charge in [-0.25, -0.2) is 10.1 Å². The predicted molar refractivity (Wildman–Crippen MR) is 79.2 cm³/mol. The third-order valence-electron chi connectivity index (χ3n) is 3.27. The first-order valence-electron chi connectivity index (χ1n) is 6.50. The van der Waals surface area contributed by atoms with Crippen molar-refractivity contribution in [1.82, 2.24) is 15.2 Å². The molecule has 0 aliphatic carbocycles. The molecule has 1 atom stereocenters. The van der Waals surface area contributed by atoms with Crippen LogP contribution in [0.2, 0.25) is 0 Å². The molecule has 3 aromatic rings. The number of benzene rings is 2. The molecule has 2 aromatic carbocycles. The third-order valence-corrected chi connectivity index (χ3v) is 3.27. The molecule has 100 valence electrons. The Balaban J connectivity index is 2.04. The topological polar surface area (TPSA) is 55.9 Å². The molecule has 0 aliphatic heterocycles. The number of aromatic nitrogens is 2. The van der Waals surface area contributed by atoms with E-state index in [-0.39, 0.29) is 6.04 Å². The number of rotatable bonds is 4. The summed E-state index contributed by atoms with van der Waals surface area (Å²) in [5.74, 6) is 5.75. The fourth-order valence-electron chi connectivity index (χ4n) is 2.31. The van der Waals surface area contributed by atoms with Crippen molar-refractivity contribution in [2.45, 2.75) is 6.04 Å². The minimum Gasteiger partial charge on any atom is -0.271 e. The van der Waals surface area contributed by atoms with Crippen LogP contribution in [0.5, 0.6) is 0 Å². The molecule has 1 unspecified atom stereocenters. The van der Waals surface area contributed by atoms with E-state index in [9.17, 15) is 0 Å². The van der Waals surface area contributed by atoms with Gasteiger partial charge in [-0.15, -0.1) is 0 Å². The molecule has 0 amide bonds. The van der Waals surface area contributed by atoms with Gasteiger partial charge in [0.25, 0.3) is 0 Å². The van der Waals surface area contributed by atoms with Crippen molar-refractivity contribution in [3.63, 3.8) is 0 Å². The average Bonchev–Trinajstić information content (AvgIpc) is 2.99. The lowest BCUT2D eigenvalue weighted by Gasteiger charge is -2.18. The van der Waals surface area contributed by atoms with Crippen LogP contribution in [0.1, 0.15) is 17.3 Å². The molecule has 3 N–H and O–H groups in total. The number of nitrogens with zero attached hydrogens (tertiary/aromatic N) is 2. The van der Waals surface area contributed by atoms with E-state index in [0.717, 1.165) is 16.9 Å². The Bertz CT molecular complexity index is 661. The molecule has 0 saturated carbocycles. The van der Waals surface area contributed by atoms with Gasteiger partial charge < -0.3 is 0 Å². The Morgan fingerprint density at radius 2 is 1.55 bits per heavy atom. The minimum absolute atomic E-state index is 0.0982. The maximum Gasteiger partial charge on any atom is 0.0882 e. The summed E-state index contributed by atoms with van der Waals surface area (Å²) < 4.78 is 1.90. The molecule has 0 bridgehead atoms. The van der Waals surface area contributed by atoms with Gasteiger partial charge >= 0.3 is 0 Å². The highest BCUT2D eigenvalue weighted by molar-refractivity contribution is 5.36. The maximum atomic E-state index is 5.75. The second kappa shape index (κ2) is 5.69. The monoisotopic (exact) mass is 264 g/mol. The van der Waals surface area contributed by atoms with Gasteiger partial charge in [0.05, 0.1) is 17.4 Å². The van der Waals surface area contributed by atoms with E-state index in [1.165, 1.54) is 0 Å². The highest BCUT2D eigenvalue weighted by atomic mass is 15.3. The molecule has 0 saturated heterocycles. The Kier molecular flexibility index (Phi) is 3.58. The number of nitrogens with one attached hydrogen (secondary N) is 1. The van der Waals surface area contributed by atoms with Crippen molar-refractivity contribution < 1.29 is 0 Å². The van der Waals surface area contributed by atoms with Crippen molar-refractivity contribution in [2.24, 2.45) is 5.84 Å². The first-order chi connectivity index (χ1) is 9.90. The highest BCUT2D eigenvalue weighted by Crippen LogP contribution is 2.23. The fourth-order valence-corrected chi connectivity index (χ4v) is 2.31. The van der Waals surface area contributed by atoms with Crippen LogP contribution in [-0.2, 0) is 0 Å². The Morgan fingerprint density at radius 3 is 2.20 bits per heavy atom. The van der Waals surface area contributed by atoms with Crippen LogP contribution in [0, 0.1) is 0 Å². The summed E-state index contributed by atoms with van der Waals surface area (Å²) in [5.41, 5.74) is 6.00.